The Morgan fingerprint density at radius 3 is 2.52 bits per heavy atom. The van der Waals surface area contributed by atoms with E-state index in [9.17, 15) is 9.59 Å². The highest BCUT2D eigenvalue weighted by atomic mass is 16.5. The highest BCUT2D eigenvalue weighted by molar-refractivity contribution is 6.04. The highest BCUT2D eigenvalue weighted by Crippen LogP contribution is 2.31. The van der Waals surface area contributed by atoms with Gasteiger partial charge in [0.2, 0.25) is 5.91 Å². The number of carboxylic acids is 1. The molecular formula is C17H19NO5. The minimum atomic E-state index is -1.04. The van der Waals surface area contributed by atoms with Gasteiger partial charge in [-0.05, 0) is 18.6 Å². The summed E-state index contributed by atoms with van der Waals surface area (Å²) in [6, 6.07) is 10.7. The lowest BCUT2D eigenvalue weighted by Crippen LogP contribution is -2.18. The van der Waals surface area contributed by atoms with Crippen molar-refractivity contribution < 1.29 is 24.2 Å². The Morgan fingerprint density at radius 1 is 1.09 bits per heavy atom. The topological polar surface area (TPSA) is 84.9 Å². The van der Waals surface area contributed by atoms with E-state index in [0.717, 1.165) is 17.2 Å². The van der Waals surface area contributed by atoms with Gasteiger partial charge in [0.25, 0.3) is 0 Å². The third-order valence-corrected chi connectivity index (χ3v) is 3.09. The lowest BCUT2D eigenvalue weighted by Gasteiger charge is -2.12. The molecule has 0 bridgehead atoms. The number of amides is 1. The van der Waals surface area contributed by atoms with Gasteiger partial charge in [0.1, 0.15) is 12.4 Å². The first kappa shape index (κ1) is 16.8. The van der Waals surface area contributed by atoms with Crippen molar-refractivity contribution in [3.8, 4) is 5.75 Å². The summed E-state index contributed by atoms with van der Waals surface area (Å²) >= 11 is 0. The number of benzene rings is 2. The zero-order chi connectivity index (χ0) is 16.7. The Kier molecular flexibility index (Phi) is 5.94. The maximum Gasteiger partial charge on any atom is 0.341 e. The molecule has 2 aromatic carbocycles. The van der Waals surface area contributed by atoms with Crippen LogP contribution in [-0.2, 0) is 14.3 Å². The molecule has 0 saturated carbocycles. The normalized spacial score (nSPS) is 10.5. The van der Waals surface area contributed by atoms with E-state index in [1.54, 1.807) is 12.1 Å². The van der Waals surface area contributed by atoms with E-state index in [4.69, 9.17) is 14.6 Å². The number of anilines is 1. The smallest absolute Gasteiger partial charge is 0.341 e. The van der Waals surface area contributed by atoms with Gasteiger partial charge in [-0.1, -0.05) is 31.2 Å². The summed E-state index contributed by atoms with van der Waals surface area (Å²) in [5.74, 6) is -0.814. The van der Waals surface area contributed by atoms with Crippen molar-refractivity contribution in [2.24, 2.45) is 0 Å². The van der Waals surface area contributed by atoms with Gasteiger partial charge in [-0.2, -0.15) is 0 Å². The summed E-state index contributed by atoms with van der Waals surface area (Å²) in [6.45, 7) is 2.09. The van der Waals surface area contributed by atoms with Crippen molar-refractivity contribution >= 4 is 28.3 Å². The second-order valence-electron chi connectivity index (χ2n) is 4.94. The molecule has 0 fully saturated rings. The second-order valence-corrected chi connectivity index (χ2v) is 4.94. The predicted octanol–water partition coefficient (Wildman–Crippen LogP) is 2.67. The first-order chi connectivity index (χ1) is 11.1. The Hall–Kier alpha value is -2.60. The number of hydrogen-bond acceptors (Lipinski definition) is 4. The minimum absolute atomic E-state index is 0.000563. The fourth-order valence-electron chi connectivity index (χ4n) is 2.14. The highest BCUT2D eigenvalue weighted by Gasteiger charge is 2.10. The number of nitrogens with one attached hydrogen (secondary N) is 1. The minimum Gasteiger partial charge on any atom is -0.481 e. The van der Waals surface area contributed by atoms with Crippen LogP contribution in [0.15, 0.2) is 36.4 Å². The monoisotopic (exact) mass is 317 g/mol. The summed E-state index contributed by atoms with van der Waals surface area (Å²) in [5, 5.41) is 13.0. The summed E-state index contributed by atoms with van der Waals surface area (Å²) in [6.07, 6.45) is 0.853. The molecule has 0 radical (unpaired) electrons. The molecule has 2 N–H and O–H groups in total. The van der Waals surface area contributed by atoms with E-state index in [2.05, 4.69) is 5.32 Å². The third-order valence-electron chi connectivity index (χ3n) is 3.09. The van der Waals surface area contributed by atoms with E-state index >= 15 is 0 Å². The van der Waals surface area contributed by atoms with Crippen LogP contribution in [0.3, 0.4) is 0 Å². The van der Waals surface area contributed by atoms with Crippen molar-refractivity contribution in [3.63, 3.8) is 0 Å². The average molecular weight is 317 g/mol. The number of carbonyl (C=O) groups excluding carboxylic acids is 1. The second kappa shape index (κ2) is 8.14. The van der Waals surface area contributed by atoms with Gasteiger partial charge < -0.3 is 19.9 Å². The van der Waals surface area contributed by atoms with E-state index in [1.165, 1.54) is 0 Å². The van der Waals surface area contributed by atoms with Gasteiger partial charge in [0.05, 0.1) is 0 Å². The van der Waals surface area contributed by atoms with Crippen LogP contribution in [0.25, 0.3) is 10.8 Å². The largest absolute Gasteiger partial charge is 0.481 e. The molecule has 0 aliphatic heterocycles. The molecule has 2 rings (SSSR count). The van der Waals surface area contributed by atoms with Gasteiger partial charge in [0, 0.05) is 23.1 Å². The van der Waals surface area contributed by atoms with E-state index in [1.807, 2.05) is 31.2 Å². The maximum absolute atomic E-state index is 11.9. The number of hydrogen-bond donors (Lipinski definition) is 2. The zero-order valence-electron chi connectivity index (χ0n) is 12.9. The first-order valence-electron chi connectivity index (χ1n) is 7.35. The predicted molar refractivity (Wildman–Crippen MR) is 86.8 cm³/mol. The molecule has 0 aromatic heterocycles. The molecule has 23 heavy (non-hydrogen) atoms. The van der Waals surface area contributed by atoms with Gasteiger partial charge in [-0.25, -0.2) is 4.79 Å². The average Bonchev–Trinajstić information content (AvgIpc) is 2.54. The van der Waals surface area contributed by atoms with Crippen molar-refractivity contribution in [2.75, 3.05) is 25.1 Å². The molecule has 0 heterocycles. The molecule has 6 heteroatoms. The van der Waals surface area contributed by atoms with Crippen molar-refractivity contribution in [1.82, 2.24) is 0 Å². The first-order valence-corrected chi connectivity index (χ1v) is 7.35. The molecule has 2 aromatic rings. The van der Waals surface area contributed by atoms with Crippen molar-refractivity contribution in [3.05, 3.63) is 36.4 Å². The van der Waals surface area contributed by atoms with Gasteiger partial charge >= 0.3 is 5.97 Å². The number of rotatable bonds is 8. The van der Waals surface area contributed by atoms with Crippen LogP contribution >= 0.6 is 0 Å². The number of fused-ring (bicyclic) bond motifs is 1. The van der Waals surface area contributed by atoms with Crippen LogP contribution in [-0.4, -0.2) is 36.8 Å². The molecule has 0 unspecified atom stereocenters. The maximum atomic E-state index is 11.9. The lowest BCUT2D eigenvalue weighted by molar-refractivity contribution is -0.139. The van der Waals surface area contributed by atoms with Crippen LogP contribution in [0, 0.1) is 0 Å². The molecule has 122 valence electrons. The molecular weight excluding hydrogens is 298 g/mol. The summed E-state index contributed by atoms with van der Waals surface area (Å²) in [7, 11) is 0. The Balaban J connectivity index is 2.20. The van der Waals surface area contributed by atoms with E-state index in [-0.39, 0.29) is 12.5 Å². The van der Waals surface area contributed by atoms with Gasteiger partial charge in [-0.15, -0.1) is 0 Å². The van der Waals surface area contributed by atoms with Gasteiger partial charge in [0.15, 0.2) is 6.61 Å². The van der Waals surface area contributed by atoms with E-state index in [0.29, 0.717) is 18.0 Å². The lowest BCUT2D eigenvalue weighted by atomic mass is 10.1. The molecule has 0 aliphatic rings. The molecule has 6 nitrogen and oxygen atoms in total. The fourth-order valence-corrected chi connectivity index (χ4v) is 2.14. The molecule has 0 saturated heterocycles. The number of ether oxygens (including phenoxy) is 2. The van der Waals surface area contributed by atoms with Crippen LogP contribution in [0.2, 0.25) is 0 Å². The SMILES string of the molecule is CCCOCC(=O)Nc1ccc(OCC(=O)O)c2ccccc12. The Labute approximate surface area is 134 Å². The van der Waals surface area contributed by atoms with Crippen LogP contribution < -0.4 is 10.1 Å². The summed E-state index contributed by atoms with van der Waals surface area (Å²) < 4.78 is 10.5. The number of aliphatic carboxylic acids is 1. The van der Waals surface area contributed by atoms with Crippen LogP contribution in [0.5, 0.6) is 5.75 Å². The van der Waals surface area contributed by atoms with Crippen LogP contribution in [0.4, 0.5) is 5.69 Å². The Morgan fingerprint density at radius 2 is 1.83 bits per heavy atom. The van der Waals surface area contributed by atoms with Gasteiger partial charge in [-0.3, -0.25) is 4.79 Å². The van der Waals surface area contributed by atoms with E-state index < -0.39 is 12.6 Å². The molecule has 0 atom stereocenters. The zero-order valence-corrected chi connectivity index (χ0v) is 12.9. The molecule has 0 aliphatic carbocycles. The number of carboxylic acid groups (broad SMARTS) is 1. The molecule has 1 amide bonds. The standard InChI is InChI=1S/C17H19NO5/c1-2-9-22-10-16(19)18-14-7-8-15(23-11-17(20)21)13-6-4-3-5-12(13)14/h3-8H,2,9-11H2,1H3,(H,18,19)(H,20,21). The number of carbonyl (C=O) groups is 2. The Bertz CT molecular complexity index is 698. The third kappa shape index (κ3) is 4.69. The summed E-state index contributed by atoms with van der Waals surface area (Å²) in [4.78, 5) is 22.5. The van der Waals surface area contributed by atoms with Crippen molar-refractivity contribution in [2.45, 2.75) is 13.3 Å². The van der Waals surface area contributed by atoms with Crippen molar-refractivity contribution in [1.29, 1.82) is 0 Å². The summed E-state index contributed by atoms with van der Waals surface area (Å²) in [5.41, 5.74) is 0.633. The fraction of sp³-hybridized carbons (Fsp3) is 0.294. The van der Waals surface area contributed by atoms with Crippen LogP contribution in [0.1, 0.15) is 13.3 Å². The quantitative estimate of drug-likeness (QED) is 0.731. The molecule has 0 spiro atoms.